The number of hydrogen-bond acceptors (Lipinski definition) is 5. The van der Waals surface area contributed by atoms with Crippen LogP contribution in [0.25, 0.3) is 15.9 Å². The normalized spacial score (nSPS) is 15.2. The van der Waals surface area contributed by atoms with E-state index in [1.807, 2.05) is 36.6 Å². The van der Waals surface area contributed by atoms with Crippen molar-refractivity contribution >= 4 is 56.9 Å². The van der Waals surface area contributed by atoms with Gasteiger partial charge in [0.15, 0.2) is 0 Å². The highest BCUT2D eigenvalue weighted by Crippen LogP contribution is 2.35. The molecule has 3 rings (SSSR count). The Morgan fingerprint density at radius 2 is 2.08 bits per heavy atom. The van der Waals surface area contributed by atoms with Gasteiger partial charge in [-0.25, -0.2) is 9.97 Å². The van der Waals surface area contributed by atoms with E-state index in [9.17, 15) is 4.79 Å². The van der Waals surface area contributed by atoms with Crippen molar-refractivity contribution in [3.8, 4) is 0 Å². The SMILES string of the molecule is C=CSC(=C)c1nc2c(nc1/C(=C/CC)SC)C=CC(C(=O)NCCCC1=CCC=CC=C1Cl)=CC2. The van der Waals surface area contributed by atoms with Crippen molar-refractivity contribution in [1.82, 2.24) is 15.3 Å². The molecule has 36 heavy (non-hydrogen) atoms. The molecule has 0 fully saturated rings. The zero-order valence-electron chi connectivity index (χ0n) is 20.9. The molecule has 0 atom stereocenters. The minimum Gasteiger partial charge on any atom is -0.352 e. The van der Waals surface area contributed by atoms with Gasteiger partial charge in [0.05, 0.1) is 11.4 Å². The molecule has 0 radical (unpaired) electrons. The van der Waals surface area contributed by atoms with Crippen LogP contribution in [0.3, 0.4) is 0 Å². The van der Waals surface area contributed by atoms with Gasteiger partial charge in [0, 0.05) is 33.4 Å². The van der Waals surface area contributed by atoms with Gasteiger partial charge in [0.2, 0.25) is 0 Å². The summed E-state index contributed by atoms with van der Waals surface area (Å²) in [4.78, 5) is 24.6. The lowest BCUT2D eigenvalue weighted by molar-refractivity contribution is -0.117. The van der Waals surface area contributed by atoms with Crippen LogP contribution in [0.1, 0.15) is 55.4 Å². The van der Waals surface area contributed by atoms with Crippen molar-refractivity contribution in [3.05, 3.63) is 100 Å². The summed E-state index contributed by atoms with van der Waals surface area (Å²) in [5.74, 6) is -0.0973. The predicted octanol–water partition coefficient (Wildman–Crippen LogP) is 7.84. The zero-order chi connectivity index (χ0) is 25.9. The average Bonchev–Trinajstić information content (AvgIpc) is 3.22. The van der Waals surface area contributed by atoms with E-state index in [4.69, 9.17) is 21.6 Å². The Balaban J connectivity index is 1.72. The van der Waals surface area contributed by atoms with Gasteiger partial charge in [-0.2, -0.15) is 0 Å². The van der Waals surface area contributed by atoms with E-state index >= 15 is 0 Å². The van der Waals surface area contributed by atoms with Crippen LogP contribution in [0.4, 0.5) is 0 Å². The number of rotatable bonds is 11. The number of nitrogens with one attached hydrogen (secondary N) is 1. The van der Waals surface area contributed by atoms with Crippen LogP contribution < -0.4 is 5.32 Å². The molecule has 2 aliphatic carbocycles. The number of nitrogens with zero attached hydrogens (tertiary/aromatic N) is 2. The number of halogens is 1. The van der Waals surface area contributed by atoms with Crippen LogP contribution in [0.5, 0.6) is 0 Å². The van der Waals surface area contributed by atoms with Crippen LogP contribution in [-0.4, -0.2) is 28.7 Å². The van der Waals surface area contributed by atoms with Crippen molar-refractivity contribution in [2.75, 3.05) is 12.8 Å². The molecule has 1 amide bonds. The third kappa shape index (κ3) is 7.48. The molecule has 2 aliphatic rings. The fourth-order valence-corrected chi connectivity index (χ4v) is 5.18. The Kier molecular flexibility index (Phi) is 11.1. The molecule has 4 nitrogen and oxygen atoms in total. The molecular formula is C29H32ClN3OS2. The summed E-state index contributed by atoms with van der Waals surface area (Å²) < 4.78 is 0. The topological polar surface area (TPSA) is 54.9 Å². The first kappa shape index (κ1) is 28.0. The Hall–Kier alpha value is -2.54. The Morgan fingerprint density at radius 1 is 1.25 bits per heavy atom. The van der Waals surface area contributed by atoms with E-state index in [0.717, 1.165) is 68.9 Å². The average molecular weight is 538 g/mol. The Bertz CT molecular complexity index is 1210. The third-order valence-corrected chi connectivity index (χ3v) is 7.44. The first-order chi connectivity index (χ1) is 17.5. The number of hydrogen-bond donors (Lipinski definition) is 1. The maximum Gasteiger partial charge on any atom is 0.250 e. The highest BCUT2D eigenvalue weighted by Gasteiger charge is 2.19. The first-order valence-corrected chi connectivity index (χ1v) is 14.5. The quantitative estimate of drug-likeness (QED) is 0.291. The molecule has 0 spiro atoms. The fourth-order valence-electron chi connectivity index (χ4n) is 3.81. The standard InChI is InChI=1S/C29H32ClN3OS2/c1-5-11-26(35-4)28-27(20(3)36-6-2)32-24-17-15-22(16-18-25(24)33-28)29(34)31-19-10-13-21-12-8-7-9-14-23(21)30/h6-7,9,11-12,14-16,18H,2-3,5,8,10,13,17,19H2,1,4H3,(H,31,34)/b26-11-. The molecule has 1 aromatic heterocycles. The second-order valence-corrected chi connectivity index (χ2v) is 10.4. The Morgan fingerprint density at radius 3 is 2.83 bits per heavy atom. The minimum atomic E-state index is -0.0973. The first-order valence-electron chi connectivity index (χ1n) is 12.0. The number of fused-ring (bicyclic) bond motifs is 1. The van der Waals surface area contributed by atoms with Crippen molar-refractivity contribution < 1.29 is 4.79 Å². The van der Waals surface area contributed by atoms with Crippen molar-refractivity contribution in [2.24, 2.45) is 0 Å². The van der Waals surface area contributed by atoms with Gasteiger partial charge in [0.1, 0.15) is 11.4 Å². The number of thioether (sulfide) groups is 2. The lowest BCUT2D eigenvalue weighted by Gasteiger charge is -2.14. The van der Waals surface area contributed by atoms with E-state index in [1.54, 1.807) is 17.2 Å². The molecule has 0 unspecified atom stereocenters. The second kappa shape index (κ2) is 14.3. The van der Waals surface area contributed by atoms with Gasteiger partial charge in [-0.3, -0.25) is 4.79 Å². The van der Waals surface area contributed by atoms with Gasteiger partial charge in [-0.1, -0.05) is 73.8 Å². The second-order valence-electron chi connectivity index (χ2n) is 8.11. The number of allylic oxidation sites excluding steroid dienone is 8. The molecule has 0 aliphatic heterocycles. The molecule has 188 valence electrons. The number of carbonyl (C=O) groups is 1. The molecule has 0 bridgehead atoms. The summed E-state index contributed by atoms with van der Waals surface area (Å²) in [5.41, 5.74) is 4.92. The highest BCUT2D eigenvalue weighted by molar-refractivity contribution is 8.10. The molecule has 1 heterocycles. The van der Waals surface area contributed by atoms with Crippen LogP contribution in [0.2, 0.25) is 0 Å². The molecule has 0 aromatic carbocycles. The lowest BCUT2D eigenvalue weighted by atomic mass is 10.1. The lowest BCUT2D eigenvalue weighted by Crippen LogP contribution is -2.25. The summed E-state index contributed by atoms with van der Waals surface area (Å²) >= 11 is 9.41. The summed E-state index contributed by atoms with van der Waals surface area (Å²) in [5, 5.41) is 5.55. The number of aromatic nitrogens is 2. The largest absolute Gasteiger partial charge is 0.352 e. The minimum absolute atomic E-state index is 0.0973. The van der Waals surface area contributed by atoms with Gasteiger partial charge in [-0.15, -0.1) is 11.8 Å². The predicted molar refractivity (Wildman–Crippen MR) is 159 cm³/mol. The van der Waals surface area contributed by atoms with E-state index in [0.29, 0.717) is 18.5 Å². The molecule has 0 saturated carbocycles. The summed E-state index contributed by atoms with van der Waals surface area (Å²) in [6.07, 6.45) is 21.9. The van der Waals surface area contributed by atoms with Crippen LogP contribution >= 0.6 is 35.1 Å². The summed E-state index contributed by atoms with van der Waals surface area (Å²) in [6.45, 7) is 10.7. The van der Waals surface area contributed by atoms with Crippen molar-refractivity contribution in [3.63, 3.8) is 0 Å². The summed E-state index contributed by atoms with van der Waals surface area (Å²) in [6, 6.07) is 0. The van der Waals surface area contributed by atoms with Gasteiger partial charge in [-0.05, 0) is 61.1 Å². The van der Waals surface area contributed by atoms with Gasteiger partial charge >= 0.3 is 0 Å². The monoisotopic (exact) mass is 537 g/mol. The molecule has 7 heteroatoms. The molecule has 1 aromatic rings. The van der Waals surface area contributed by atoms with E-state index in [2.05, 4.69) is 43.6 Å². The van der Waals surface area contributed by atoms with Crippen LogP contribution in [-0.2, 0) is 11.2 Å². The Labute approximate surface area is 228 Å². The molecule has 0 saturated heterocycles. The van der Waals surface area contributed by atoms with E-state index in [-0.39, 0.29) is 5.91 Å². The van der Waals surface area contributed by atoms with E-state index in [1.165, 1.54) is 11.8 Å². The molecule has 1 N–H and O–H groups in total. The van der Waals surface area contributed by atoms with Crippen molar-refractivity contribution in [1.29, 1.82) is 0 Å². The van der Waals surface area contributed by atoms with E-state index < -0.39 is 0 Å². The van der Waals surface area contributed by atoms with Crippen LogP contribution in [0, 0.1) is 0 Å². The van der Waals surface area contributed by atoms with Gasteiger partial charge in [0.25, 0.3) is 5.91 Å². The maximum atomic E-state index is 12.9. The zero-order valence-corrected chi connectivity index (χ0v) is 23.2. The van der Waals surface area contributed by atoms with Crippen LogP contribution in [0.15, 0.2) is 77.3 Å². The summed E-state index contributed by atoms with van der Waals surface area (Å²) in [7, 11) is 0. The maximum absolute atomic E-state index is 12.9. The number of carbonyl (C=O) groups excluding carboxylic acids is 1. The molecular weight excluding hydrogens is 506 g/mol. The third-order valence-electron chi connectivity index (χ3n) is 5.62. The van der Waals surface area contributed by atoms with Crippen molar-refractivity contribution in [2.45, 2.75) is 39.0 Å². The number of amides is 1. The smallest absolute Gasteiger partial charge is 0.250 e. The van der Waals surface area contributed by atoms with Gasteiger partial charge < -0.3 is 5.32 Å². The fraction of sp³-hybridized carbons (Fsp3) is 0.276. The highest BCUT2D eigenvalue weighted by atomic mass is 35.5.